The number of hydrogen-bond acceptors (Lipinski definition) is 2. The Labute approximate surface area is 92.4 Å². The van der Waals surface area contributed by atoms with Gasteiger partial charge in [-0.2, -0.15) is 0 Å². The molecule has 0 atom stereocenters. The number of rotatable bonds is 3. The number of nitrogens with zero attached hydrogens (tertiary/aromatic N) is 1. The quantitative estimate of drug-likeness (QED) is 0.629. The van der Waals surface area contributed by atoms with Crippen LogP contribution in [0.5, 0.6) is 0 Å². The molecule has 0 saturated carbocycles. The molecule has 1 aromatic rings. The smallest absolute Gasteiger partial charge is 0.266 e. The third-order valence-corrected chi connectivity index (χ3v) is 2.56. The topological polar surface area (TPSA) is 30.0 Å². The van der Waals surface area contributed by atoms with Gasteiger partial charge in [-0.1, -0.05) is 27.5 Å². The van der Waals surface area contributed by atoms with Gasteiger partial charge in [-0.05, 0) is 5.56 Å². The minimum atomic E-state index is -2.76. The van der Waals surface area contributed by atoms with Gasteiger partial charge in [-0.15, -0.1) is 0 Å². The molecule has 0 aromatic carbocycles. The van der Waals surface area contributed by atoms with Crippen molar-refractivity contribution in [2.75, 3.05) is 0 Å². The fourth-order valence-electron chi connectivity index (χ4n) is 1.03. The van der Waals surface area contributed by atoms with Crippen LogP contribution in [0.2, 0.25) is 5.02 Å². The Morgan fingerprint density at radius 1 is 1.64 bits per heavy atom. The highest BCUT2D eigenvalue weighted by Gasteiger charge is 2.20. The molecule has 0 saturated heterocycles. The molecular formula is C8H5BrClF2NO. The zero-order valence-electron chi connectivity index (χ0n) is 6.81. The second kappa shape index (κ2) is 4.79. The number of carbonyl (C=O) groups is 1. The Morgan fingerprint density at radius 3 is 2.71 bits per heavy atom. The van der Waals surface area contributed by atoms with Crippen LogP contribution >= 0.6 is 27.5 Å². The second-order valence-corrected chi connectivity index (χ2v) is 3.40. The molecule has 0 amide bonds. The molecule has 6 heteroatoms. The molecule has 0 N–H and O–H groups in total. The van der Waals surface area contributed by atoms with Gasteiger partial charge in [0.1, 0.15) is 5.69 Å². The number of aldehydes is 1. The van der Waals surface area contributed by atoms with Gasteiger partial charge in [0.05, 0.1) is 10.6 Å². The van der Waals surface area contributed by atoms with Crippen molar-refractivity contribution >= 4 is 33.8 Å². The van der Waals surface area contributed by atoms with E-state index in [2.05, 4.69) is 20.9 Å². The van der Waals surface area contributed by atoms with Crippen LogP contribution in [0.1, 0.15) is 28.0 Å². The van der Waals surface area contributed by atoms with Gasteiger partial charge < -0.3 is 0 Å². The Morgan fingerprint density at radius 2 is 2.29 bits per heavy atom. The lowest BCUT2D eigenvalue weighted by Crippen LogP contribution is -2.02. The van der Waals surface area contributed by atoms with E-state index in [9.17, 15) is 13.6 Å². The van der Waals surface area contributed by atoms with E-state index in [0.717, 1.165) is 0 Å². The molecule has 2 nitrogen and oxygen atoms in total. The van der Waals surface area contributed by atoms with Crippen molar-refractivity contribution in [1.82, 2.24) is 4.98 Å². The van der Waals surface area contributed by atoms with E-state index in [1.807, 2.05) is 0 Å². The number of alkyl halides is 3. The van der Waals surface area contributed by atoms with Gasteiger partial charge in [-0.25, -0.2) is 8.78 Å². The second-order valence-electron chi connectivity index (χ2n) is 2.44. The SMILES string of the molecule is O=Cc1ncc(Cl)c(CBr)c1C(F)F. The van der Waals surface area contributed by atoms with Crippen molar-refractivity contribution in [2.45, 2.75) is 11.8 Å². The maximum Gasteiger partial charge on any atom is 0.266 e. The average molecular weight is 284 g/mol. The van der Waals surface area contributed by atoms with E-state index in [0.29, 0.717) is 6.29 Å². The van der Waals surface area contributed by atoms with Crippen LogP contribution in [0.4, 0.5) is 8.78 Å². The number of carbonyl (C=O) groups excluding carboxylic acids is 1. The van der Waals surface area contributed by atoms with Gasteiger partial charge in [0.15, 0.2) is 6.29 Å². The third kappa shape index (κ3) is 2.09. The van der Waals surface area contributed by atoms with E-state index >= 15 is 0 Å². The first-order chi connectivity index (χ1) is 6.61. The highest BCUT2D eigenvalue weighted by atomic mass is 79.9. The molecule has 0 aliphatic heterocycles. The van der Waals surface area contributed by atoms with E-state index in [1.165, 1.54) is 6.20 Å². The summed E-state index contributed by atoms with van der Waals surface area (Å²) in [6.45, 7) is 0. The molecule has 76 valence electrons. The summed E-state index contributed by atoms with van der Waals surface area (Å²) in [6, 6.07) is 0. The lowest BCUT2D eigenvalue weighted by atomic mass is 10.1. The molecule has 0 fully saturated rings. The Kier molecular flexibility index (Phi) is 3.95. The maximum atomic E-state index is 12.6. The summed E-state index contributed by atoms with van der Waals surface area (Å²) in [4.78, 5) is 14.0. The highest BCUT2D eigenvalue weighted by molar-refractivity contribution is 9.08. The van der Waals surface area contributed by atoms with Crippen molar-refractivity contribution < 1.29 is 13.6 Å². The van der Waals surface area contributed by atoms with Gasteiger partial charge in [0.25, 0.3) is 6.43 Å². The average Bonchev–Trinajstić information content (AvgIpc) is 2.17. The third-order valence-electron chi connectivity index (χ3n) is 1.67. The Hall–Kier alpha value is -0.550. The van der Waals surface area contributed by atoms with E-state index < -0.39 is 12.0 Å². The zero-order valence-corrected chi connectivity index (χ0v) is 9.15. The van der Waals surface area contributed by atoms with Crippen LogP contribution in [0.25, 0.3) is 0 Å². The van der Waals surface area contributed by atoms with Crippen molar-refractivity contribution in [3.63, 3.8) is 0 Å². The fourth-order valence-corrected chi connectivity index (χ4v) is 2.01. The number of pyridine rings is 1. The normalized spacial score (nSPS) is 10.6. The van der Waals surface area contributed by atoms with E-state index in [-0.39, 0.29) is 21.6 Å². The first-order valence-corrected chi connectivity index (χ1v) is 5.08. The lowest BCUT2D eigenvalue weighted by molar-refractivity contribution is 0.110. The monoisotopic (exact) mass is 283 g/mol. The van der Waals surface area contributed by atoms with Crippen molar-refractivity contribution in [3.05, 3.63) is 28.0 Å². The van der Waals surface area contributed by atoms with Crippen LogP contribution in [-0.4, -0.2) is 11.3 Å². The largest absolute Gasteiger partial charge is 0.296 e. The summed E-state index contributed by atoms with van der Waals surface area (Å²) in [7, 11) is 0. The Bertz CT molecular complexity index is 359. The first kappa shape index (κ1) is 11.5. The molecule has 1 aromatic heterocycles. The lowest BCUT2D eigenvalue weighted by Gasteiger charge is -2.09. The van der Waals surface area contributed by atoms with Gasteiger partial charge in [0, 0.05) is 11.5 Å². The molecule has 1 heterocycles. The fraction of sp³-hybridized carbons (Fsp3) is 0.250. The van der Waals surface area contributed by atoms with E-state index in [4.69, 9.17) is 11.6 Å². The molecule has 0 bridgehead atoms. The summed E-state index contributed by atoms with van der Waals surface area (Å²) in [5.41, 5.74) is -0.456. The van der Waals surface area contributed by atoms with Crippen LogP contribution in [0, 0.1) is 0 Å². The van der Waals surface area contributed by atoms with Gasteiger partial charge >= 0.3 is 0 Å². The first-order valence-electron chi connectivity index (χ1n) is 3.58. The van der Waals surface area contributed by atoms with Crippen molar-refractivity contribution in [1.29, 1.82) is 0 Å². The summed E-state index contributed by atoms with van der Waals surface area (Å²) >= 11 is 8.69. The molecule has 0 unspecified atom stereocenters. The van der Waals surface area contributed by atoms with E-state index in [1.54, 1.807) is 0 Å². The van der Waals surface area contributed by atoms with Crippen molar-refractivity contribution in [3.8, 4) is 0 Å². The van der Waals surface area contributed by atoms with Crippen LogP contribution in [0.3, 0.4) is 0 Å². The number of hydrogen-bond donors (Lipinski definition) is 0. The summed E-state index contributed by atoms with van der Waals surface area (Å²) in [5, 5.41) is 0.289. The highest BCUT2D eigenvalue weighted by Crippen LogP contribution is 2.31. The standard InChI is InChI=1S/C8H5BrClF2NO/c9-1-4-5(10)2-13-6(3-14)7(4)8(11)12/h2-3,8H,1H2. The van der Waals surface area contributed by atoms with Crippen molar-refractivity contribution in [2.24, 2.45) is 0 Å². The van der Waals surface area contributed by atoms with Crippen LogP contribution in [0.15, 0.2) is 6.20 Å². The molecule has 14 heavy (non-hydrogen) atoms. The van der Waals surface area contributed by atoms with Crippen LogP contribution < -0.4 is 0 Å². The molecule has 0 spiro atoms. The Balaban J connectivity index is 3.43. The zero-order chi connectivity index (χ0) is 10.7. The molecule has 0 aliphatic rings. The summed E-state index contributed by atoms with van der Waals surface area (Å²) in [5.74, 6) is 0. The maximum absolute atomic E-state index is 12.6. The molecule has 1 rings (SSSR count). The number of halogens is 4. The predicted octanol–water partition coefficient (Wildman–Crippen LogP) is 3.38. The minimum Gasteiger partial charge on any atom is -0.296 e. The van der Waals surface area contributed by atoms with Gasteiger partial charge in [-0.3, -0.25) is 9.78 Å². The molecule has 0 radical (unpaired) electrons. The summed E-state index contributed by atoms with van der Waals surface area (Å²) < 4.78 is 25.1. The van der Waals surface area contributed by atoms with Crippen LogP contribution in [-0.2, 0) is 5.33 Å². The number of aromatic nitrogens is 1. The molecular weight excluding hydrogens is 279 g/mol. The van der Waals surface area contributed by atoms with Gasteiger partial charge in [0.2, 0.25) is 0 Å². The molecule has 0 aliphatic carbocycles. The minimum absolute atomic E-state index is 0.128. The predicted molar refractivity (Wildman–Crippen MR) is 52.2 cm³/mol. The summed E-state index contributed by atoms with van der Waals surface area (Å²) in [6.07, 6.45) is -1.27.